The van der Waals surface area contributed by atoms with Gasteiger partial charge in [0.25, 0.3) is 0 Å². The first-order chi connectivity index (χ1) is 8.10. The molecule has 0 fully saturated rings. The number of nitrogens with two attached hydrogens (primary N) is 1. The predicted molar refractivity (Wildman–Crippen MR) is 70.3 cm³/mol. The van der Waals surface area contributed by atoms with Gasteiger partial charge in [-0.05, 0) is 19.8 Å². The summed E-state index contributed by atoms with van der Waals surface area (Å²) in [7, 11) is 0. The van der Waals surface area contributed by atoms with Crippen molar-refractivity contribution in [3.05, 3.63) is 6.33 Å². The Bertz CT molecular complexity index is 354. The molecule has 96 valence electrons. The standard InChI is InChI=1S/C12H22N4O/c1-5-16(7-9(3)4)11-10(13)12(17-6-2)15-8-14-11/h8-9H,5-7,13H2,1-4H3. The molecular weight excluding hydrogens is 216 g/mol. The molecule has 0 unspecified atom stereocenters. The zero-order valence-corrected chi connectivity index (χ0v) is 11.1. The number of rotatable bonds is 6. The molecule has 0 bridgehead atoms. The molecule has 1 heterocycles. The first-order valence-electron chi connectivity index (χ1n) is 6.08. The van der Waals surface area contributed by atoms with Crippen LogP contribution in [0.4, 0.5) is 11.5 Å². The molecule has 0 aliphatic heterocycles. The minimum absolute atomic E-state index is 0.472. The molecule has 17 heavy (non-hydrogen) atoms. The third kappa shape index (κ3) is 3.47. The molecule has 2 N–H and O–H groups in total. The summed E-state index contributed by atoms with van der Waals surface area (Å²) in [5.41, 5.74) is 6.55. The van der Waals surface area contributed by atoms with Gasteiger partial charge in [0.1, 0.15) is 12.0 Å². The SMILES string of the molecule is CCOc1ncnc(N(CC)CC(C)C)c1N. The second-order valence-corrected chi connectivity index (χ2v) is 4.28. The van der Waals surface area contributed by atoms with Crippen LogP contribution in [0.25, 0.3) is 0 Å². The van der Waals surface area contributed by atoms with Gasteiger partial charge in [-0.25, -0.2) is 4.98 Å². The van der Waals surface area contributed by atoms with Crippen LogP contribution >= 0.6 is 0 Å². The van der Waals surface area contributed by atoms with E-state index in [9.17, 15) is 0 Å². The normalized spacial score (nSPS) is 10.6. The fraction of sp³-hybridized carbons (Fsp3) is 0.667. The van der Waals surface area contributed by atoms with Crippen LogP contribution in [0.5, 0.6) is 5.88 Å². The average molecular weight is 238 g/mol. The van der Waals surface area contributed by atoms with Crippen LogP contribution in [0.3, 0.4) is 0 Å². The lowest BCUT2D eigenvalue weighted by atomic mass is 10.2. The van der Waals surface area contributed by atoms with Gasteiger partial charge in [-0.15, -0.1) is 0 Å². The molecule has 0 aliphatic carbocycles. The smallest absolute Gasteiger partial charge is 0.242 e. The third-order valence-corrected chi connectivity index (χ3v) is 2.37. The summed E-state index contributed by atoms with van der Waals surface area (Å²) < 4.78 is 5.37. The first-order valence-corrected chi connectivity index (χ1v) is 6.08. The van der Waals surface area contributed by atoms with Crippen LogP contribution in [0, 0.1) is 5.92 Å². The van der Waals surface area contributed by atoms with Crippen LogP contribution in [-0.2, 0) is 0 Å². The van der Waals surface area contributed by atoms with E-state index in [1.54, 1.807) is 0 Å². The van der Waals surface area contributed by atoms with E-state index in [1.165, 1.54) is 6.33 Å². The van der Waals surface area contributed by atoms with Crippen molar-refractivity contribution in [3.63, 3.8) is 0 Å². The second-order valence-electron chi connectivity index (χ2n) is 4.28. The lowest BCUT2D eigenvalue weighted by molar-refractivity contribution is 0.328. The summed E-state index contributed by atoms with van der Waals surface area (Å²) in [6.45, 7) is 10.7. The Hall–Kier alpha value is -1.52. The van der Waals surface area contributed by atoms with Crippen molar-refractivity contribution in [2.24, 2.45) is 5.92 Å². The summed E-state index contributed by atoms with van der Waals surface area (Å²) in [4.78, 5) is 10.4. The van der Waals surface area contributed by atoms with Crippen molar-refractivity contribution in [2.75, 3.05) is 30.3 Å². The molecule has 0 atom stereocenters. The molecule has 0 aromatic carbocycles. The topological polar surface area (TPSA) is 64.3 Å². The van der Waals surface area contributed by atoms with Gasteiger partial charge in [0.2, 0.25) is 5.88 Å². The summed E-state index contributed by atoms with van der Waals surface area (Å²) in [5.74, 6) is 1.79. The number of ether oxygens (including phenoxy) is 1. The molecule has 1 aromatic heterocycles. The molecule has 0 radical (unpaired) electrons. The molecule has 1 rings (SSSR count). The fourth-order valence-corrected chi connectivity index (χ4v) is 1.68. The molecule has 5 nitrogen and oxygen atoms in total. The van der Waals surface area contributed by atoms with Crippen LogP contribution < -0.4 is 15.4 Å². The summed E-state index contributed by atoms with van der Waals surface area (Å²) in [6.07, 6.45) is 1.50. The Morgan fingerprint density at radius 1 is 1.35 bits per heavy atom. The Morgan fingerprint density at radius 3 is 2.59 bits per heavy atom. The van der Waals surface area contributed by atoms with E-state index in [0.29, 0.717) is 24.1 Å². The van der Waals surface area contributed by atoms with Gasteiger partial charge in [0.05, 0.1) is 6.61 Å². The average Bonchev–Trinajstić information content (AvgIpc) is 2.29. The van der Waals surface area contributed by atoms with Gasteiger partial charge in [-0.2, -0.15) is 4.98 Å². The number of nitrogens with zero attached hydrogens (tertiary/aromatic N) is 3. The number of hydrogen-bond donors (Lipinski definition) is 1. The molecule has 0 saturated heterocycles. The minimum atomic E-state index is 0.472. The Morgan fingerprint density at radius 2 is 2.06 bits per heavy atom. The van der Waals surface area contributed by atoms with Crippen molar-refractivity contribution >= 4 is 11.5 Å². The highest BCUT2D eigenvalue weighted by Gasteiger charge is 2.15. The number of nitrogen functional groups attached to an aromatic ring is 1. The molecule has 0 saturated carbocycles. The molecule has 1 aromatic rings. The highest BCUT2D eigenvalue weighted by Crippen LogP contribution is 2.28. The van der Waals surface area contributed by atoms with E-state index in [4.69, 9.17) is 10.5 Å². The quantitative estimate of drug-likeness (QED) is 0.820. The van der Waals surface area contributed by atoms with E-state index in [1.807, 2.05) is 6.92 Å². The highest BCUT2D eigenvalue weighted by molar-refractivity contribution is 5.67. The predicted octanol–water partition coefficient (Wildman–Crippen LogP) is 1.94. The molecule has 5 heteroatoms. The summed E-state index contributed by atoms with van der Waals surface area (Å²) in [5, 5.41) is 0. The molecular formula is C12H22N4O. The maximum absolute atomic E-state index is 6.03. The number of aromatic nitrogens is 2. The van der Waals surface area contributed by atoms with Gasteiger partial charge in [-0.3, -0.25) is 0 Å². The van der Waals surface area contributed by atoms with Crippen molar-refractivity contribution in [3.8, 4) is 5.88 Å². The van der Waals surface area contributed by atoms with E-state index < -0.39 is 0 Å². The first kappa shape index (κ1) is 13.5. The van der Waals surface area contributed by atoms with Crippen LogP contribution in [-0.4, -0.2) is 29.7 Å². The Labute approximate surface area is 103 Å². The fourth-order valence-electron chi connectivity index (χ4n) is 1.68. The van der Waals surface area contributed by atoms with Crippen molar-refractivity contribution in [1.29, 1.82) is 0 Å². The van der Waals surface area contributed by atoms with Crippen molar-refractivity contribution in [2.45, 2.75) is 27.7 Å². The molecule has 0 spiro atoms. The zero-order valence-electron chi connectivity index (χ0n) is 11.1. The van der Waals surface area contributed by atoms with E-state index >= 15 is 0 Å². The second kappa shape index (κ2) is 6.27. The van der Waals surface area contributed by atoms with Gasteiger partial charge < -0.3 is 15.4 Å². The van der Waals surface area contributed by atoms with Crippen LogP contribution in [0.2, 0.25) is 0 Å². The van der Waals surface area contributed by atoms with E-state index in [-0.39, 0.29) is 0 Å². The summed E-state index contributed by atoms with van der Waals surface area (Å²) in [6, 6.07) is 0. The van der Waals surface area contributed by atoms with Gasteiger partial charge in [0, 0.05) is 13.1 Å². The van der Waals surface area contributed by atoms with Gasteiger partial charge >= 0.3 is 0 Å². The lowest BCUT2D eigenvalue weighted by Gasteiger charge is -2.25. The number of hydrogen-bond acceptors (Lipinski definition) is 5. The third-order valence-electron chi connectivity index (χ3n) is 2.37. The van der Waals surface area contributed by atoms with E-state index in [2.05, 4.69) is 35.6 Å². The minimum Gasteiger partial charge on any atom is -0.476 e. The van der Waals surface area contributed by atoms with Crippen molar-refractivity contribution < 1.29 is 4.74 Å². The Kier molecular flexibility index (Phi) is 5.00. The maximum atomic E-state index is 6.03. The maximum Gasteiger partial charge on any atom is 0.242 e. The molecule has 0 amide bonds. The largest absolute Gasteiger partial charge is 0.476 e. The monoisotopic (exact) mass is 238 g/mol. The van der Waals surface area contributed by atoms with Gasteiger partial charge in [0.15, 0.2) is 5.82 Å². The van der Waals surface area contributed by atoms with Crippen LogP contribution in [0.1, 0.15) is 27.7 Å². The Balaban J connectivity index is 2.98. The summed E-state index contributed by atoms with van der Waals surface area (Å²) >= 11 is 0. The zero-order chi connectivity index (χ0) is 12.8. The van der Waals surface area contributed by atoms with Gasteiger partial charge in [-0.1, -0.05) is 13.8 Å². The number of anilines is 2. The highest BCUT2D eigenvalue weighted by atomic mass is 16.5. The molecule has 0 aliphatic rings. The lowest BCUT2D eigenvalue weighted by Crippen LogP contribution is -2.29. The van der Waals surface area contributed by atoms with Crippen LogP contribution in [0.15, 0.2) is 6.33 Å². The van der Waals surface area contributed by atoms with Crippen molar-refractivity contribution in [1.82, 2.24) is 9.97 Å². The van der Waals surface area contributed by atoms with E-state index in [0.717, 1.165) is 18.9 Å².